The Balaban J connectivity index is 1.89. The molecule has 31 heavy (non-hydrogen) atoms. The maximum atomic E-state index is 12.9. The lowest BCUT2D eigenvalue weighted by Gasteiger charge is -2.31. The lowest BCUT2D eigenvalue weighted by atomic mass is 10.2. The molecule has 1 aliphatic rings. The molecule has 1 saturated heterocycles. The van der Waals surface area contributed by atoms with Gasteiger partial charge in [0, 0.05) is 48.7 Å². The zero-order valence-electron chi connectivity index (χ0n) is 18.7. The lowest BCUT2D eigenvalue weighted by molar-refractivity contribution is -0.116. The third-order valence-electron chi connectivity index (χ3n) is 5.14. The Labute approximate surface area is 182 Å². The smallest absolute Gasteiger partial charge is 0.244 e. The van der Waals surface area contributed by atoms with Crippen LogP contribution in [0.4, 0.5) is 11.4 Å². The van der Waals surface area contributed by atoms with Crippen molar-refractivity contribution in [3.63, 3.8) is 0 Å². The molecule has 8 heteroatoms. The standard InChI is InChI=1S/C23H31N3O5/c1-5-30-21-14-20(25-7-9-29-10-8-25)22(31-6-2)13-19(21)24-23(28)15-26-16(3)11-18(27)12-17(26)4/h11-14H,5-10,15H2,1-4H3,(H,24,28). The number of aryl methyl sites for hydroxylation is 2. The Bertz CT molecular complexity index is 954. The van der Waals surface area contributed by atoms with Gasteiger partial charge in [-0.2, -0.15) is 0 Å². The van der Waals surface area contributed by atoms with Gasteiger partial charge in [-0.1, -0.05) is 0 Å². The minimum Gasteiger partial charge on any atom is -0.492 e. The summed E-state index contributed by atoms with van der Waals surface area (Å²) in [5.74, 6) is 1.07. The van der Waals surface area contributed by atoms with Crippen molar-refractivity contribution in [3.8, 4) is 11.5 Å². The highest BCUT2D eigenvalue weighted by Gasteiger charge is 2.20. The summed E-state index contributed by atoms with van der Waals surface area (Å²) in [6.07, 6.45) is 0. The molecule has 0 atom stereocenters. The monoisotopic (exact) mass is 429 g/mol. The van der Waals surface area contributed by atoms with Crippen LogP contribution in [0.15, 0.2) is 29.1 Å². The molecule has 0 unspecified atom stereocenters. The average molecular weight is 430 g/mol. The van der Waals surface area contributed by atoms with E-state index in [1.165, 1.54) is 12.1 Å². The van der Waals surface area contributed by atoms with Crippen molar-refractivity contribution < 1.29 is 19.0 Å². The van der Waals surface area contributed by atoms with E-state index in [-0.39, 0.29) is 17.9 Å². The fourth-order valence-electron chi connectivity index (χ4n) is 3.71. The molecule has 0 bridgehead atoms. The van der Waals surface area contributed by atoms with Gasteiger partial charge >= 0.3 is 0 Å². The van der Waals surface area contributed by atoms with Crippen LogP contribution < -0.4 is 25.1 Å². The number of anilines is 2. The van der Waals surface area contributed by atoms with Crippen LogP contribution in [0.5, 0.6) is 11.5 Å². The van der Waals surface area contributed by atoms with E-state index in [9.17, 15) is 9.59 Å². The number of pyridine rings is 1. The van der Waals surface area contributed by atoms with Crippen molar-refractivity contribution in [2.45, 2.75) is 34.2 Å². The number of nitrogens with zero attached hydrogens (tertiary/aromatic N) is 2. The Hall–Kier alpha value is -3.00. The van der Waals surface area contributed by atoms with Gasteiger partial charge in [0.1, 0.15) is 18.0 Å². The van der Waals surface area contributed by atoms with E-state index in [0.717, 1.165) is 30.2 Å². The Morgan fingerprint density at radius 3 is 2.23 bits per heavy atom. The van der Waals surface area contributed by atoms with Crippen molar-refractivity contribution in [1.82, 2.24) is 4.57 Å². The van der Waals surface area contributed by atoms with Gasteiger partial charge in [0.25, 0.3) is 0 Å². The summed E-state index contributed by atoms with van der Waals surface area (Å²) < 4.78 is 19.0. The summed E-state index contributed by atoms with van der Waals surface area (Å²) in [5, 5.41) is 2.96. The van der Waals surface area contributed by atoms with E-state index in [1.54, 1.807) is 0 Å². The number of ether oxygens (including phenoxy) is 3. The zero-order chi connectivity index (χ0) is 22.4. The highest BCUT2D eigenvalue weighted by molar-refractivity contribution is 5.93. The second-order valence-electron chi connectivity index (χ2n) is 7.39. The van der Waals surface area contributed by atoms with Gasteiger partial charge in [0.2, 0.25) is 5.91 Å². The Morgan fingerprint density at radius 1 is 1.00 bits per heavy atom. The van der Waals surface area contributed by atoms with Crippen molar-refractivity contribution in [2.24, 2.45) is 0 Å². The van der Waals surface area contributed by atoms with Crippen LogP contribution in [-0.4, -0.2) is 50.0 Å². The third-order valence-corrected chi connectivity index (χ3v) is 5.14. The van der Waals surface area contributed by atoms with Crippen molar-refractivity contribution >= 4 is 17.3 Å². The van der Waals surface area contributed by atoms with Gasteiger partial charge in [-0.15, -0.1) is 0 Å². The molecule has 1 aliphatic heterocycles. The zero-order valence-corrected chi connectivity index (χ0v) is 18.7. The predicted molar refractivity (Wildman–Crippen MR) is 121 cm³/mol. The van der Waals surface area contributed by atoms with Gasteiger partial charge in [0.05, 0.1) is 37.8 Å². The first-order valence-electron chi connectivity index (χ1n) is 10.7. The number of amides is 1. The topological polar surface area (TPSA) is 82.0 Å². The summed E-state index contributed by atoms with van der Waals surface area (Å²) >= 11 is 0. The third kappa shape index (κ3) is 5.58. The van der Waals surface area contributed by atoms with Crippen LogP contribution in [0.2, 0.25) is 0 Å². The van der Waals surface area contributed by atoms with Gasteiger partial charge in [0.15, 0.2) is 5.43 Å². The second kappa shape index (κ2) is 10.3. The van der Waals surface area contributed by atoms with Gasteiger partial charge < -0.3 is 29.0 Å². The second-order valence-corrected chi connectivity index (χ2v) is 7.39. The van der Waals surface area contributed by atoms with Crippen molar-refractivity contribution in [1.29, 1.82) is 0 Å². The molecule has 2 aromatic rings. The summed E-state index contributed by atoms with van der Waals surface area (Å²) in [4.78, 5) is 26.7. The van der Waals surface area contributed by atoms with E-state index in [0.29, 0.717) is 43.6 Å². The van der Waals surface area contributed by atoms with Crippen LogP contribution >= 0.6 is 0 Å². The normalized spacial score (nSPS) is 13.7. The molecule has 0 aliphatic carbocycles. The molecule has 1 N–H and O–H groups in total. The summed E-state index contributed by atoms with van der Waals surface area (Å²) in [7, 11) is 0. The molecule has 0 spiro atoms. The number of aromatic nitrogens is 1. The Kier molecular flexibility index (Phi) is 7.57. The number of carbonyl (C=O) groups is 1. The minimum atomic E-state index is -0.211. The van der Waals surface area contributed by atoms with E-state index < -0.39 is 0 Å². The fraction of sp³-hybridized carbons (Fsp3) is 0.478. The van der Waals surface area contributed by atoms with Crippen LogP contribution in [0, 0.1) is 13.8 Å². The maximum Gasteiger partial charge on any atom is 0.244 e. The van der Waals surface area contributed by atoms with Crippen LogP contribution in [0.25, 0.3) is 0 Å². The minimum absolute atomic E-state index is 0.0645. The largest absolute Gasteiger partial charge is 0.492 e. The molecular formula is C23H31N3O5. The molecule has 0 radical (unpaired) electrons. The molecule has 1 fully saturated rings. The Morgan fingerprint density at radius 2 is 1.61 bits per heavy atom. The summed E-state index contributed by atoms with van der Waals surface area (Å²) in [5.41, 5.74) is 2.90. The predicted octanol–water partition coefficient (Wildman–Crippen LogP) is 2.74. The van der Waals surface area contributed by atoms with E-state index >= 15 is 0 Å². The number of hydrogen-bond acceptors (Lipinski definition) is 6. The van der Waals surface area contributed by atoms with Crippen molar-refractivity contribution in [3.05, 3.63) is 45.9 Å². The molecule has 2 heterocycles. The highest BCUT2D eigenvalue weighted by atomic mass is 16.5. The first kappa shape index (κ1) is 22.7. The van der Waals surface area contributed by atoms with Gasteiger partial charge in [-0.3, -0.25) is 9.59 Å². The molecule has 1 aromatic carbocycles. The molecule has 1 aromatic heterocycles. The molecule has 1 amide bonds. The number of carbonyl (C=O) groups excluding carboxylic acids is 1. The molecule has 3 rings (SSSR count). The first-order valence-corrected chi connectivity index (χ1v) is 10.7. The summed E-state index contributed by atoms with van der Waals surface area (Å²) in [6.45, 7) is 11.4. The maximum absolute atomic E-state index is 12.9. The molecule has 0 saturated carbocycles. The fourth-order valence-corrected chi connectivity index (χ4v) is 3.71. The van der Waals surface area contributed by atoms with E-state index in [4.69, 9.17) is 14.2 Å². The summed E-state index contributed by atoms with van der Waals surface area (Å²) in [6, 6.07) is 6.79. The van der Waals surface area contributed by atoms with E-state index in [2.05, 4.69) is 10.2 Å². The quantitative estimate of drug-likeness (QED) is 0.695. The van der Waals surface area contributed by atoms with Crippen LogP contribution in [0.1, 0.15) is 25.2 Å². The molecule has 8 nitrogen and oxygen atoms in total. The van der Waals surface area contributed by atoms with Crippen molar-refractivity contribution in [2.75, 3.05) is 49.7 Å². The highest BCUT2D eigenvalue weighted by Crippen LogP contribution is 2.39. The number of rotatable bonds is 8. The van der Waals surface area contributed by atoms with Gasteiger partial charge in [-0.05, 0) is 27.7 Å². The average Bonchev–Trinajstić information content (AvgIpc) is 2.73. The van der Waals surface area contributed by atoms with Gasteiger partial charge in [-0.25, -0.2) is 0 Å². The number of nitrogens with one attached hydrogen (secondary N) is 1. The van der Waals surface area contributed by atoms with Crippen LogP contribution in [-0.2, 0) is 16.1 Å². The molecule has 168 valence electrons. The molecular weight excluding hydrogens is 398 g/mol. The number of hydrogen-bond donors (Lipinski definition) is 1. The first-order chi connectivity index (χ1) is 14.9. The van der Waals surface area contributed by atoms with Crippen LogP contribution in [0.3, 0.4) is 0 Å². The SMILES string of the molecule is CCOc1cc(N2CCOCC2)c(OCC)cc1NC(=O)Cn1c(C)cc(=O)cc1C. The lowest BCUT2D eigenvalue weighted by Crippen LogP contribution is -2.36. The van der Waals surface area contributed by atoms with E-state index in [1.807, 2.05) is 44.4 Å². The number of morpholine rings is 1. The number of benzene rings is 1.